The van der Waals surface area contributed by atoms with Crippen molar-refractivity contribution in [2.24, 2.45) is 0 Å². The highest BCUT2D eigenvalue weighted by Crippen LogP contribution is 2.33. The minimum absolute atomic E-state index is 0.184. The second-order valence-corrected chi connectivity index (χ2v) is 4.81. The van der Waals surface area contributed by atoms with Crippen molar-refractivity contribution in [2.45, 2.75) is 12.7 Å². The number of rotatable bonds is 4. The molecule has 0 radical (unpaired) electrons. The first kappa shape index (κ1) is 14.3. The summed E-state index contributed by atoms with van der Waals surface area (Å²) in [6.07, 6.45) is -4.09. The number of nitro groups is 1. The van der Waals surface area contributed by atoms with Crippen LogP contribution in [0.5, 0.6) is 0 Å². The fourth-order valence-corrected chi connectivity index (χ4v) is 2.11. The number of anilines is 1. The van der Waals surface area contributed by atoms with Gasteiger partial charge in [-0.2, -0.15) is 13.2 Å². The molecule has 0 aliphatic carbocycles. The number of hydrogen-bond acceptors (Lipinski definition) is 5. The normalized spacial score (nSPS) is 11.3. The monoisotopic (exact) mass is 303 g/mol. The van der Waals surface area contributed by atoms with E-state index in [0.29, 0.717) is 12.3 Å². The Balaban J connectivity index is 2.26. The number of nitrogens with zero attached hydrogens (tertiary/aromatic N) is 2. The maximum atomic E-state index is 12.5. The summed E-state index contributed by atoms with van der Waals surface area (Å²) in [4.78, 5) is 14.3. The smallest absolute Gasteiger partial charge is 0.359 e. The molecule has 0 aliphatic heterocycles. The van der Waals surface area contributed by atoms with Crippen LogP contribution in [0.15, 0.2) is 29.8 Å². The summed E-state index contributed by atoms with van der Waals surface area (Å²) in [7, 11) is 0. The van der Waals surface area contributed by atoms with Crippen molar-refractivity contribution < 1.29 is 18.1 Å². The number of halogens is 3. The topological polar surface area (TPSA) is 68.1 Å². The molecule has 0 spiro atoms. The molecule has 106 valence electrons. The van der Waals surface area contributed by atoms with Crippen LogP contribution < -0.4 is 5.32 Å². The zero-order valence-electron chi connectivity index (χ0n) is 9.85. The number of hydrogen-bond donors (Lipinski definition) is 1. The van der Waals surface area contributed by atoms with Gasteiger partial charge in [0.15, 0.2) is 0 Å². The van der Waals surface area contributed by atoms with Gasteiger partial charge in [-0.3, -0.25) is 10.1 Å². The molecular weight excluding hydrogens is 295 g/mol. The first-order valence-electron chi connectivity index (χ1n) is 5.36. The van der Waals surface area contributed by atoms with Crippen molar-refractivity contribution in [3.05, 3.63) is 50.3 Å². The highest BCUT2D eigenvalue weighted by molar-refractivity contribution is 7.09. The van der Waals surface area contributed by atoms with Crippen LogP contribution in [0.4, 0.5) is 24.7 Å². The Bertz CT molecular complexity index is 614. The van der Waals surface area contributed by atoms with Gasteiger partial charge in [-0.25, -0.2) is 4.98 Å². The van der Waals surface area contributed by atoms with Crippen LogP contribution in [0.1, 0.15) is 10.4 Å². The Labute approximate surface area is 115 Å². The number of thiophene rings is 1. The summed E-state index contributed by atoms with van der Waals surface area (Å²) < 4.78 is 37.5. The molecule has 9 heteroatoms. The van der Waals surface area contributed by atoms with E-state index in [4.69, 9.17) is 0 Å². The number of alkyl halides is 3. The minimum atomic E-state index is -4.66. The standard InChI is InChI=1S/C11H8F3N3O2S/c12-11(13,14)7-4-9(17(18)19)10(15-5-7)16-6-8-2-1-3-20-8/h1-5H,6H2,(H,15,16). The zero-order valence-corrected chi connectivity index (χ0v) is 10.7. The predicted octanol–water partition coefficient (Wildman–Crippen LogP) is 3.68. The van der Waals surface area contributed by atoms with Crippen molar-refractivity contribution in [3.63, 3.8) is 0 Å². The maximum absolute atomic E-state index is 12.5. The molecule has 2 heterocycles. The van der Waals surface area contributed by atoms with Crippen LogP contribution in [-0.4, -0.2) is 9.91 Å². The third-order valence-electron chi connectivity index (χ3n) is 2.40. The second-order valence-electron chi connectivity index (χ2n) is 3.78. The minimum Gasteiger partial charge on any atom is -0.359 e. The second kappa shape index (κ2) is 5.45. The van der Waals surface area contributed by atoms with E-state index in [1.807, 2.05) is 5.38 Å². The summed E-state index contributed by atoms with van der Waals surface area (Å²) in [6, 6.07) is 4.08. The van der Waals surface area contributed by atoms with Gasteiger partial charge < -0.3 is 5.32 Å². The molecule has 2 rings (SSSR count). The Kier molecular flexibility index (Phi) is 3.89. The lowest BCUT2D eigenvalue weighted by Gasteiger charge is -2.09. The molecule has 5 nitrogen and oxygen atoms in total. The van der Waals surface area contributed by atoms with E-state index in [2.05, 4.69) is 10.3 Å². The van der Waals surface area contributed by atoms with E-state index in [9.17, 15) is 23.3 Å². The highest BCUT2D eigenvalue weighted by Gasteiger charge is 2.33. The number of aromatic nitrogens is 1. The van der Waals surface area contributed by atoms with Crippen LogP contribution >= 0.6 is 11.3 Å². The van der Waals surface area contributed by atoms with Crippen LogP contribution in [-0.2, 0) is 12.7 Å². The fourth-order valence-electron chi connectivity index (χ4n) is 1.47. The molecule has 0 saturated carbocycles. The van der Waals surface area contributed by atoms with Crippen LogP contribution in [0, 0.1) is 10.1 Å². The molecule has 0 saturated heterocycles. The molecule has 2 aromatic rings. The predicted molar refractivity (Wildman–Crippen MR) is 67.5 cm³/mol. The fraction of sp³-hybridized carbons (Fsp3) is 0.182. The van der Waals surface area contributed by atoms with Gasteiger partial charge in [0, 0.05) is 17.1 Å². The molecule has 0 fully saturated rings. The zero-order chi connectivity index (χ0) is 14.8. The Morgan fingerprint density at radius 1 is 1.45 bits per heavy atom. The molecule has 0 aliphatic rings. The Morgan fingerprint density at radius 2 is 2.20 bits per heavy atom. The molecule has 2 aromatic heterocycles. The molecule has 0 bridgehead atoms. The van der Waals surface area contributed by atoms with E-state index >= 15 is 0 Å². The first-order chi connectivity index (χ1) is 9.38. The molecule has 0 amide bonds. The first-order valence-corrected chi connectivity index (χ1v) is 6.24. The van der Waals surface area contributed by atoms with Gasteiger partial charge in [-0.1, -0.05) is 6.07 Å². The molecule has 0 aromatic carbocycles. The summed E-state index contributed by atoms with van der Waals surface area (Å²) in [5, 5.41) is 15.3. The van der Waals surface area contributed by atoms with E-state index in [-0.39, 0.29) is 12.4 Å². The van der Waals surface area contributed by atoms with Gasteiger partial charge in [0.2, 0.25) is 5.82 Å². The Hall–Kier alpha value is -2.16. The highest BCUT2D eigenvalue weighted by atomic mass is 32.1. The van der Waals surface area contributed by atoms with E-state index in [1.54, 1.807) is 12.1 Å². The van der Waals surface area contributed by atoms with Crippen LogP contribution in [0.3, 0.4) is 0 Å². The van der Waals surface area contributed by atoms with Crippen molar-refractivity contribution in [1.82, 2.24) is 4.98 Å². The summed E-state index contributed by atoms with van der Waals surface area (Å²) in [5.41, 5.74) is -1.85. The Morgan fingerprint density at radius 3 is 2.75 bits per heavy atom. The van der Waals surface area contributed by atoms with Gasteiger partial charge in [0.1, 0.15) is 0 Å². The molecule has 0 atom stereocenters. The van der Waals surface area contributed by atoms with Gasteiger partial charge in [-0.05, 0) is 11.4 Å². The lowest BCUT2D eigenvalue weighted by Crippen LogP contribution is -2.09. The van der Waals surface area contributed by atoms with Gasteiger partial charge >= 0.3 is 11.9 Å². The molecular formula is C11H8F3N3O2S. The number of pyridine rings is 1. The summed E-state index contributed by atoms with van der Waals surface area (Å²) in [6.45, 7) is 0.261. The van der Waals surface area contributed by atoms with Crippen LogP contribution in [0.25, 0.3) is 0 Å². The maximum Gasteiger partial charge on any atom is 0.418 e. The summed E-state index contributed by atoms with van der Waals surface area (Å²) >= 11 is 1.42. The lowest BCUT2D eigenvalue weighted by molar-refractivity contribution is -0.384. The largest absolute Gasteiger partial charge is 0.418 e. The van der Waals surface area contributed by atoms with Crippen molar-refractivity contribution in [3.8, 4) is 0 Å². The van der Waals surface area contributed by atoms with Gasteiger partial charge in [0.05, 0.1) is 17.0 Å². The lowest BCUT2D eigenvalue weighted by atomic mass is 10.2. The van der Waals surface area contributed by atoms with Crippen molar-refractivity contribution in [2.75, 3.05) is 5.32 Å². The van der Waals surface area contributed by atoms with Crippen molar-refractivity contribution >= 4 is 22.8 Å². The third-order valence-corrected chi connectivity index (χ3v) is 3.28. The van der Waals surface area contributed by atoms with E-state index < -0.39 is 22.4 Å². The van der Waals surface area contributed by atoms with E-state index in [1.165, 1.54) is 11.3 Å². The van der Waals surface area contributed by atoms with Crippen molar-refractivity contribution in [1.29, 1.82) is 0 Å². The number of nitrogens with one attached hydrogen (secondary N) is 1. The van der Waals surface area contributed by atoms with Gasteiger partial charge in [0.25, 0.3) is 0 Å². The van der Waals surface area contributed by atoms with Gasteiger partial charge in [-0.15, -0.1) is 11.3 Å². The average Bonchev–Trinajstić information content (AvgIpc) is 2.88. The molecule has 1 N–H and O–H groups in total. The van der Waals surface area contributed by atoms with Crippen LogP contribution in [0.2, 0.25) is 0 Å². The average molecular weight is 303 g/mol. The molecule has 20 heavy (non-hydrogen) atoms. The van der Waals surface area contributed by atoms with E-state index in [0.717, 1.165) is 4.88 Å². The third kappa shape index (κ3) is 3.23. The SMILES string of the molecule is O=[N+]([O-])c1cc(C(F)(F)F)cnc1NCc1cccs1. The summed E-state index contributed by atoms with van der Waals surface area (Å²) in [5.74, 6) is -0.184. The quantitative estimate of drug-likeness (QED) is 0.691. The molecule has 0 unspecified atom stereocenters.